The molecule has 0 spiro atoms. The first-order chi connectivity index (χ1) is 6.81. The molecule has 1 aliphatic carbocycles. The number of hydrogen-bond donors (Lipinski definition) is 1. The van der Waals surface area contributed by atoms with E-state index in [0.29, 0.717) is 11.8 Å². The molecular weight excluding hydrogens is 240 g/mol. The van der Waals surface area contributed by atoms with Crippen LogP contribution in [0, 0.1) is 5.92 Å². The van der Waals surface area contributed by atoms with Crippen LogP contribution in [0.15, 0.2) is 28.7 Å². The number of hydrogen-bond acceptors (Lipinski definition) is 1. The highest BCUT2D eigenvalue weighted by atomic mass is 79.9. The van der Waals surface area contributed by atoms with Crippen molar-refractivity contribution in [1.82, 2.24) is 0 Å². The van der Waals surface area contributed by atoms with Crippen LogP contribution in [0.3, 0.4) is 0 Å². The van der Waals surface area contributed by atoms with Crippen molar-refractivity contribution in [3.05, 3.63) is 34.3 Å². The molecule has 1 aromatic carbocycles. The predicted molar refractivity (Wildman–Crippen MR) is 61.3 cm³/mol. The quantitative estimate of drug-likeness (QED) is 0.878. The van der Waals surface area contributed by atoms with Gasteiger partial charge in [-0.05, 0) is 36.5 Å². The molecule has 1 atom stereocenters. The number of aliphatic hydroxyl groups excluding tert-OH is 1. The molecule has 1 unspecified atom stereocenters. The van der Waals surface area contributed by atoms with E-state index in [2.05, 4.69) is 40.2 Å². The van der Waals surface area contributed by atoms with Crippen LogP contribution in [0.2, 0.25) is 0 Å². The second-order valence-corrected chi connectivity index (χ2v) is 4.95. The van der Waals surface area contributed by atoms with E-state index in [1.54, 1.807) is 0 Å². The lowest BCUT2D eigenvalue weighted by molar-refractivity contribution is 0.173. The van der Waals surface area contributed by atoms with Gasteiger partial charge in [-0.1, -0.05) is 34.5 Å². The normalized spacial score (nSPS) is 19.0. The zero-order chi connectivity index (χ0) is 9.97. The van der Waals surface area contributed by atoms with Crippen LogP contribution in [0.1, 0.15) is 30.7 Å². The van der Waals surface area contributed by atoms with Gasteiger partial charge >= 0.3 is 0 Å². The summed E-state index contributed by atoms with van der Waals surface area (Å²) >= 11 is 3.42. The van der Waals surface area contributed by atoms with Crippen molar-refractivity contribution in [3.8, 4) is 0 Å². The van der Waals surface area contributed by atoms with Gasteiger partial charge in [0.1, 0.15) is 0 Å². The Hall–Kier alpha value is -0.340. The minimum atomic E-state index is 0.284. The summed E-state index contributed by atoms with van der Waals surface area (Å²) < 4.78 is 1.10. The summed E-state index contributed by atoms with van der Waals surface area (Å²) in [7, 11) is 0. The van der Waals surface area contributed by atoms with Crippen molar-refractivity contribution in [2.24, 2.45) is 5.92 Å². The van der Waals surface area contributed by atoms with E-state index in [1.807, 2.05) is 0 Å². The van der Waals surface area contributed by atoms with Gasteiger partial charge in [0.15, 0.2) is 0 Å². The number of aliphatic hydroxyl groups is 1. The molecule has 0 bridgehead atoms. The Morgan fingerprint density at radius 1 is 1.29 bits per heavy atom. The summed E-state index contributed by atoms with van der Waals surface area (Å²) in [6, 6.07) is 8.33. The van der Waals surface area contributed by atoms with Gasteiger partial charge in [-0.15, -0.1) is 0 Å². The largest absolute Gasteiger partial charge is 0.396 e. The molecule has 14 heavy (non-hydrogen) atoms. The van der Waals surface area contributed by atoms with Crippen LogP contribution in [0.4, 0.5) is 0 Å². The van der Waals surface area contributed by atoms with Crippen molar-refractivity contribution in [1.29, 1.82) is 0 Å². The van der Waals surface area contributed by atoms with E-state index in [9.17, 15) is 5.11 Å². The second kappa shape index (κ2) is 4.45. The molecule has 1 N–H and O–H groups in total. The SMILES string of the molecule is OCC(c1ccc(Br)cc1)C1CCC1. The summed E-state index contributed by atoms with van der Waals surface area (Å²) in [4.78, 5) is 0. The first-order valence-electron chi connectivity index (χ1n) is 5.17. The lowest BCUT2D eigenvalue weighted by Gasteiger charge is -2.33. The zero-order valence-corrected chi connectivity index (χ0v) is 9.70. The Balaban J connectivity index is 2.14. The molecular formula is C12H15BrO. The molecule has 0 amide bonds. The summed E-state index contributed by atoms with van der Waals surface area (Å²) in [5.74, 6) is 1.07. The van der Waals surface area contributed by atoms with Crippen LogP contribution in [0.5, 0.6) is 0 Å². The maximum absolute atomic E-state index is 9.37. The molecule has 0 radical (unpaired) electrons. The van der Waals surface area contributed by atoms with Crippen LogP contribution in [-0.4, -0.2) is 11.7 Å². The topological polar surface area (TPSA) is 20.2 Å². The summed E-state index contributed by atoms with van der Waals surface area (Å²) in [6.07, 6.45) is 3.89. The molecule has 0 aromatic heterocycles. The van der Waals surface area contributed by atoms with E-state index in [0.717, 1.165) is 4.47 Å². The molecule has 1 aromatic rings. The van der Waals surface area contributed by atoms with Crippen molar-refractivity contribution in [3.63, 3.8) is 0 Å². The molecule has 0 saturated heterocycles. The minimum absolute atomic E-state index is 0.284. The fourth-order valence-electron chi connectivity index (χ4n) is 2.08. The highest BCUT2D eigenvalue weighted by Crippen LogP contribution is 2.39. The van der Waals surface area contributed by atoms with E-state index < -0.39 is 0 Å². The Kier molecular flexibility index (Phi) is 3.24. The average molecular weight is 255 g/mol. The van der Waals surface area contributed by atoms with E-state index in [4.69, 9.17) is 0 Å². The van der Waals surface area contributed by atoms with Crippen LogP contribution in [-0.2, 0) is 0 Å². The highest BCUT2D eigenvalue weighted by molar-refractivity contribution is 9.10. The van der Waals surface area contributed by atoms with Gasteiger partial charge < -0.3 is 5.11 Å². The van der Waals surface area contributed by atoms with Gasteiger partial charge in [0.25, 0.3) is 0 Å². The highest BCUT2D eigenvalue weighted by Gasteiger charge is 2.27. The summed E-state index contributed by atoms with van der Waals surface area (Å²) in [5, 5.41) is 9.37. The summed E-state index contributed by atoms with van der Waals surface area (Å²) in [5.41, 5.74) is 1.28. The monoisotopic (exact) mass is 254 g/mol. The van der Waals surface area contributed by atoms with E-state index >= 15 is 0 Å². The van der Waals surface area contributed by atoms with Gasteiger partial charge in [0.2, 0.25) is 0 Å². The predicted octanol–water partition coefficient (Wildman–Crippen LogP) is 3.33. The fourth-order valence-corrected chi connectivity index (χ4v) is 2.34. The summed E-state index contributed by atoms with van der Waals surface area (Å²) in [6.45, 7) is 0.284. The molecule has 0 aliphatic heterocycles. The molecule has 2 heteroatoms. The standard InChI is InChI=1S/C12H15BrO/c13-11-6-4-10(5-7-11)12(8-14)9-2-1-3-9/h4-7,9,12,14H,1-3,8H2. The van der Waals surface area contributed by atoms with Crippen LogP contribution < -0.4 is 0 Å². The Bertz CT molecular complexity index is 290. The number of halogens is 1. The minimum Gasteiger partial charge on any atom is -0.396 e. The van der Waals surface area contributed by atoms with E-state index in [-0.39, 0.29) is 6.61 Å². The van der Waals surface area contributed by atoms with Gasteiger partial charge in [-0.3, -0.25) is 0 Å². The number of benzene rings is 1. The Labute approximate surface area is 93.3 Å². The number of rotatable bonds is 3. The molecule has 1 saturated carbocycles. The van der Waals surface area contributed by atoms with Crippen molar-refractivity contribution >= 4 is 15.9 Å². The lowest BCUT2D eigenvalue weighted by atomic mass is 9.73. The third-order valence-electron chi connectivity index (χ3n) is 3.21. The Morgan fingerprint density at radius 2 is 1.93 bits per heavy atom. The Morgan fingerprint density at radius 3 is 2.36 bits per heavy atom. The fraction of sp³-hybridized carbons (Fsp3) is 0.500. The first-order valence-corrected chi connectivity index (χ1v) is 5.97. The molecule has 0 heterocycles. The van der Waals surface area contributed by atoms with Gasteiger partial charge in [0.05, 0.1) is 6.61 Å². The molecule has 76 valence electrons. The lowest BCUT2D eigenvalue weighted by Crippen LogP contribution is -2.22. The average Bonchev–Trinajstić information content (AvgIpc) is 2.13. The third kappa shape index (κ3) is 2.01. The van der Waals surface area contributed by atoms with Gasteiger partial charge in [-0.25, -0.2) is 0 Å². The first kappa shape index (κ1) is 10.2. The van der Waals surface area contributed by atoms with Gasteiger partial charge in [0, 0.05) is 10.4 Å². The molecule has 1 aliphatic rings. The van der Waals surface area contributed by atoms with Crippen molar-refractivity contribution in [2.75, 3.05) is 6.61 Å². The molecule has 2 rings (SSSR count). The van der Waals surface area contributed by atoms with Crippen molar-refractivity contribution in [2.45, 2.75) is 25.2 Å². The van der Waals surface area contributed by atoms with Crippen molar-refractivity contribution < 1.29 is 5.11 Å². The maximum Gasteiger partial charge on any atom is 0.0502 e. The second-order valence-electron chi connectivity index (χ2n) is 4.03. The molecule has 1 nitrogen and oxygen atoms in total. The van der Waals surface area contributed by atoms with E-state index in [1.165, 1.54) is 24.8 Å². The van der Waals surface area contributed by atoms with Gasteiger partial charge in [-0.2, -0.15) is 0 Å². The van der Waals surface area contributed by atoms with Crippen LogP contribution >= 0.6 is 15.9 Å². The molecule has 1 fully saturated rings. The van der Waals surface area contributed by atoms with Crippen LogP contribution in [0.25, 0.3) is 0 Å². The zero-order valence-electron chi connectivity index (χ0n) is 8.12. The maximum atomic E-state index is 9.37. The third-order valence-corrected chi connectivity index (χ3v) is 3.74. The smallest absolute Gasteiger partial charge is 0.0502 e.